The van der Waals surface area contributed by atoms with Gasteiger partial charge in [0.2, 0.25) is 0 Å². The molecule has 0 spiro atoms. The van der Waals surface area contributed by atoms with Gasteiger partial charge in [0, 0.05) is 11.1 Å². The number of benzene rings is 2. The minimum Gasteiger partial charge on any atom is -0.469 e. The third kappa shape index (κ3) is 2.42. The Morgan fingerprint density at radius 3 is 2.25 bits per heavy atom. The third-order valence-corrected chi connectivity index (χ3v) is 4.14. The average Bonchev–Trinajstić information content (AvgIpc) is 3.25. The lowest BCUT2D eigenvalue weighted by Crippen LogP contribution is -2.38. The van der Waals surface area contributed by atoms with E-state index >= 15 is 0 Å². The highest BCUT2D eigenvalue weighted by Gasteiger charge is 2.48. The molecule has 1 unspecified atom stereocenters. The Kier molecular flexibility index (Phi) is 3.50. The average molecular weight is 317 g/mol. The summed E-state index contributed by atoms with van der Waals surface area (Å²) >= 11 is 0. The molecule has 4 rings (SSSR count). The van der Waals surface area contributed by atoms with Gasteiger partial charge >= 0.3 is 6.09 Å². The van der Waals surface area contributed by atoms with Gasteiger partial charge in [0.05, 0.1) is 12.7 Å². The molecule has 24 heavy (non-hydrogen) atoms. The Bertz CT molecular complexity index is 870. The molecule has 1 aromatic heterocycles. The monoisotopic (exact) mass is 317 g/mol. The number of aliphatic imine (C=N–C) groups is 1. The Balaban J connectivity index is 1.89. The van der Waals surface area contributed by atoms with Gasteiger partial charge in [-0.1, -0.05) is 60.7 Å². The first kappa shape index (κ1) is 14.5. The number of furan rings is 1. The van der Waals surface area contributed by atoms with E-state index in [9.17, 15) is 4.79 Å². The molecule has 2 heterocycles. The highest BCUT2D eigenvalue weighted by atomic mass is 16.6. The predicted octanol–water partition coefficient (Wildman–Crippen LogP) is 4.36. The van der Waals surface area contributed by atoms with Crippen LogP contribution in [0.15, 0.2) is 88.5 Å². The SMILES string of the molecule is O=C1N=C(c2ccccc2)C(Cc2ccco2)(c2ccccc2)O1. The zero-order valence-electron chi connectivity index (χ0n) is 12.9. The van der Waals surface area contributed by atoms with E-state index in [0.29, 0.717) is 12.1 Å². The van der Waals surface area contributed by atoms with Crippen molar-refractivity contribution in [2.24, 2.45) is 4.99 Å². The van der Waals surface area contributed by atoms with Crippen LogP contribution in [0.4, 0.5) is 4.79 Å². The largest absolute Gasteiger partial charge is 0.469 e. The first-order chi connectivity index (χ1) is 11.8. The van der Waals surface area contributed by atoms with E-state index in [0.717, 1.165) is 16.9 Å². The predicted molar refractivity (Wildman–Crippen MR) is 90.0 cm³/mol. The second-order valence-electron chi connectivity index (χ2n) is 5.64. The normalized spacial score (nSPS) is 19.8. The molecule has 0 saturated carbocycles. The van der Waals surface area contributed by atoms with Crippen LogP contribution in [-0.2, 0) is 16.8 Å². The Morgan fingerprint density at radius 1 is 0.875 bits per heavy atom. The lowest BCUT2D eigenvalue weighted by molar-refractivity contribution is 0.0768. The molecule has 2 aromatic carbocycles. The van der Waals surface area contributed by atoms with Gasteiger partial charge in [-0.2, -0.15) is 4.99 Å². The van der Waals surface area contributed by atoms with E-state index in [1.54, 1.807) is 6.26 Å². The summed E-state index contributed by atoms with van der Waals surface area (Å²) in [5, 5.41) is 0. The van der Waals surface area contributed by atoms with Crippen LogP contribution >= 0.6 is 0 Å². The molecule has 3 aromatic rings. The molecule has 118 valence electrons. The molecule has 0 N–H and O–H groups in total. The number of cyclic esters (lactones) is 1. The van der Waals surface area contributed by atoms with E-state index in [-0.39, 0.29) is 0 Å². The summed E-state index contributed by atoms with van der Waals surface area (Å²) in [4.78, 5) is 16.3. The summed E-state index contributed by atoms with van der Waals surface area (Å²) in [6.45, 7) is 0. The summed E-state index contributed by atoms with van der Waals surface area (Å²) in [6, 6.07) is 23.0. The second kappa shape index (κ2) is 5.81. The van der Waals surface area contributed by atoms with Gasteiger partial charge in [0.1, 0.15) is 11.5 Å². The number of carbonyl (C=O) groups excluding carboxylic acids is 1. The molecular weight excluding hydrogens is 302 g/mol. The van der Waals surface area contributed by atoms with Crippen LogP contribution < -0.4 is 0 Å². The van der Waals surface area contributed by atoms with Crippen LogP contribution in [0.3, 0.4) is 0 Å². The molecule has 1 aliphatic rings. The van der Waals surface area contributed by atoms with E-state index in [1.807, 2.05) is 72.8 Å². The van der Waals surface area contributed by atoms with Crippen molar-refractivity contribution in [2.75, 3.05) is 0 Å². The van der Waals surface area contributed by atoms with Crippen LogP contribution in [0, 0.1) is 0 Å². The highest BCUT2D eigenvalue weighted by Crippen LogP contribution is 2.38. The van der Waals surface area contributed by atoms with Gasteiger partial charge in [0.15, 0.2) is 5.60 Å². The maximum Gasteiger partial charge on any atom is 0.435 e. The van der Waals surface area contributed by atoms with Gasteiger partial charge in [0.25, 0.3) is 0 Å². The van der Waals surface area contributed by atoms with Crippen molar-refractivity contribution in [1.82, 2.24) is 0 Å². The number of hydrogen-bond donors (Lipinski definition) is 0. The van der Waals surface area contributed by atoms with Gasteiger partial charge in [-0.3, -0.25) is 0 Å². The van der Waals surface area contributed by atoms with Crippen molar-refractivity contribution in [3.8, 4) is 0 Å². The lowest BCUT2D eigenvalue weighted by atomic mass is 9.82. The molecule has 1 aliphatic heterocycles. The highest BCUT2D eigenvalue weighted by molar-refractivity contribution is 6.14. The molecule has 0 aliphatic carbocycles. The van der Waals surface area contributed by atoms with Crippen molar-refractivity contribution >= 4 is 11.8 Å². The summed E-state index contributed by atoms with van der Waals surface area (Å²) < 4.78 is 11.3. The minimum atomic E-state index is -0.989. The van der Waals surface area contributed by atoms with Crippen molar-refractivity contribution < 1.29 is 13.9 Å². The Labute approximate surface area is 139 Å². The maximum absolute atomic E-state index is 12.1. The van der Waals surface area contributed by atoms with Gasteiger partial charge in [-0.05, 0) is 12.1 Å². The smallest absolute Gasteiger partial charge is 0.435 e. The number of ether oxygens (including phenoxy) is 1. The molecular formula is C20H15NO3. The van der Waals surface area contributed by atoms with Crippen LogP contribution in [-0.4, -0.2) is 11.8 Å². The quantitative estimate of drug-likeness (QED) is 0.718. The Hall–Kier alpha value is -3.14. The van der Waals surface area contributed by atoms with Crippen LogP contribution in [0.2, 0.25) is 0 Å². The topological polar surface area (TPSA) is 51.8 Å². The van der Waals surface area contributed by atoms with E-state index in [2.05, 4.69) is 4.99 Å². The summed E-state index contributed by atoms with van der Waals surface area (Å²) in [6.07, 6.45) is 1.43. The standard InChI is InChI=1S/C20H15NO3/c22-19-21-18(15-8-3-1-4-9-15)20(24-19,14-17-12-7-13-23-17)16-10-5-2-6-11-16/h1-13H,14H2. The van der Waals surface area contributed by atoms with Crippen LogP contribution in [0.1, 0.15) is 16.9 Å². The molecule has 0 fully saturated rings. The molecule has 1 atom stereocenters. The number of amides is 1. The first-order valence-corrected chi connectivity index (χ1v) is 7.73. The van der Waals surface area contributed by atoms with E-state index in [4.69, 9.17) is 9.15 Å². The fraction of sp³-hybridized carbons (Fsp3) is 0.100. The van der Waals surface area contributed by atoms with Crippen molar-refractivity contribution in [2.45, 2.75) is 12.0 Å². The van der Waals surface area contributed by atoms with Crippen LogP contribution in [0.25, 0.3) is 0 Å². The van der Waals surface area contributed by atoms with E-state index in [1.165, 1.54) is 0 Å². The second-order valence-corrected chi connectivity index (χ2v) is 5.64. The van der Waals surface area contributed by atoms with E-state index < -0.39 is 11.7 Å². The molecule has 1 amide bonds. The molecule has 4 nitrogen and oxygen atoms in total. The zero-order chi connectivity index (χ0) is 16.4. The molecule has 0 saturated heterocycles. The maximum atomic E-state index is 12.1. The van der Waals surface area contributed by atoms with Gasteiger partial charge in [-0.15, -0.1) is 0 Å². The Morgan fingerprint density at radius 2 is 1.58 bits per heavy atom. The fourth-order valence-corrected chi connectivity index (χ4v) is 3.08. The summed E-state index contributed by atoms with van der Waals surface area (Å²) in [5.74, 6) is 0.734. The van der Waals surface area contributed by atoms with Crippen molar-refractivity contribution in [3.63, 3.8) is 0 Å². The molecule has 0 radical (unpaired) electrons. The summed E-state index contributed by atoms with van der Waals surface area (Å²) in [7, 11) is 0. The van der Waals surface area contributed by atoms with Crippen LogP contribution in [0.5, 0.6) is 0 Å². The zero-order valence-corrected chi connectivity index (χ0v) is 12.9. The van der Waals surface area contributed by atoms with Crippen molar-refractivity contribution in [3.05, 3.63) is 95.9 Å². The third-order valence-electron chi connectivity index (χ3n) is 4.14. The minimum absolute atomic E-state index is 0.392. The number of nitrogens with zero attached hydrogens (tertiary/aromatic N) is 1. The fourth-order valence-electron chi connectivity index (χ4n) is 3.08. The van der Waals surface area contributed by atoms with Gasteiger partial charge in [-0.25, -0.2) is 4.79 Å². The number of hydrogen-bond acceptors (Lipinski definition) is 3. The summed E-state index contributed by atoms with van der Waals surface area (Å²) in [5.41, 5.74) is 1.35. The molecule has 4 heteroatoms. The first-order valence-electron chi connectivity index (χ1n) is 7.73. The van der Waals surface area contributed by atoms with Gasteiger partial charge < -0.3 is 9.15 Å². The van der Waals surface area contributed by atoms with Crippen molar-refractivity contribution in [1.29, 1.82) is 0 Å². The number of carbonyl (C=O) groups is 1. The lowest BCUT2D eigenvalue weighted by Gasteiger charge is -2.29. The molecule has 0 bridgehead atoms. The number of rotatable bonds is 4.